The molecule has 0 spiro atoms. The fourth-order valence-electron chi connectivity index (χ4n) is 1.69. The van der Waals surface area contributed by atoms with E-state index >= 15 is 0 Å². The van der Waals surface area contributed by atoms with E-state index in [2.05, 4.69) is 11.8 Å². The summed E-state index contributed by atoms with van der Waals surface area (Å²) in [5.74, 6) is 5.89. The largest absolute Gasteiger partial charge is 0.364 e. The van der Waals surface area contributed by atoms with Crippen molar-refractivity contribution in [1.29, 1.82) is 0 Å². The van der Waals surface area contributed by atoms with Gasteiger partial charge in [0.2, 0.25) is 0 Å². The molecule has 0 amide bonds. The first kappa shape index (κ1) is 14.3. The third-order valence-corrected chi connectivity index (χ3v) is 2.70. The van der Waals surface area contributed by atoms with E-state index < -0.39 is 0 Å². The zero-order valence-corrected chi connectivity index (χ0v) is 11.4. The van der Waals surface area contributed by atoms with Gasteiger partial charge in [0.1, 0.15) is 13.2 Å². The molecule has 2 nitrogen and oxygen atoms in total. The Labute approximate surface area is 120 Å². The van der Waals surface area contributed by atoms with Crippen LogP contribution in [0.15, 0.2) is 60.7 Å². The second-order valence-corrected chi connectivity index (χ2v) is 4.31. The average Bonchev–Trinajstić information content (AvgIpc) is 2.52. The molecule has 2 aromatic rings. The Kier molecular flexibility index (Phi) is 6.40. The van der Waals surface area contributed by atoms with Crippen LogP contribution in [0.1, 0.15) is 11.1 Å². The Morgan fingerprint density at radius 3 is 1.40 bits per heavy atom. The van der Waals surface area contributed by atoms with Gasteiger partial charge in [-0.25, -0.2) is 0 Å². The highest BCUT2D eigenvalue weighted by atomic mass is 16.5. The van der Waals surface area contributed by atoms with Crippen LogP contribution in [0.4, 0.5) is 0 Å². The smallest absolute Gasteiger partial charge is 0.108 e. The molecule has 20 heavy (non-hydrogen) atoms. The lowest BCUT2D eigenvalue weighted by atomic mass is 10.2. The average molecular weight is 266 g/mol. The van der Waals surface area contributed by atoms with Gasteiger partial charge in [-0.3, -0.25) is 0 Å². The van der Waals surface area contributed by atoms with Gasteiger partial charge >= 0.3 is 0 Å². The molecule has 0 radical (unpaired) electrons. The number of ether oxygens (including phenoxy) is 2. The second kappa shape index (κ2) is 8.92. The van der Waals surface area contributed by atoms with Gasteiger partial charge < -0.3 is 9.47 Å². The van der Waals surface area contributed by atoms with Crippen LogP contribution in [0.5, 0.6) is 0 Å². The summed E-state index contributed by atoms with van der Waals surface area (Å²) in [6.45, 7) is 2.06. The third-order valence-electron chi connectivity index (χ3n) is 2.70. The van der Waals surface area contributed by atoms with Gasteiger partial charge in [-0.15, -0.1) is 0 Å². The molecule has 0 aromatic heterocycles. The first-order valence-electron chi connectivity index (χ1n) is 6.64. The molecule has 0 atom stereocenters. The van der Waals surface area contributed by atoms with Gasteiger partial charge in [0, 0.05) is 0 Å². The SMILES string of the molecule is C(#CCOCc1ccccc1)COCc1ccccc1. The Balaban J connectivity index is 1.55. The van der Waals surface area contributed by atoms with E-state index in [1.165, 1.54) is 0 Å². The molecule has 0 aliphatic rings. The normalized spacial score (nSPS) is 9.80. The molecule has 2 heteroatoms. The first-order valence-corrected chi connectivity index (χ1v) is 6.64. The molecular formula is C18H18O2. The van der Waals surface area contributed by atoms with Gasteiger partial charge in [-0.1, -0.05) is 72.5 Å². The molecule has 2 rings (SSSR count). The maximum Gasteiger partial charge on any atom is 0.108 e. The zero-order valence-electron chi connectivity index (χ0n) is 11.4. The van der Waals surface area contributed by atoms with Crippen LogP contribution in [-0.4, -0.2) is 13.2 Å². The van der Waals surface area contributed by atoms with E-state index in [1.807, 2.05) is 60.7 Å². The summed E-state index contributed by atoms with van der Waals surface area (Å²) >= 11 is 0. The van der Waals surface area contributed by atoms with Gasteiger partial charge in [-0.05, 0) is 11.1 Å². The monoisotopic (exact) mass is 266 g/mol. The maximum absolute atomic E-state index is 5.46. The summed E-state index contributed by atoms with van der Waals surface area (Å²) < 4.78 is 10.9. The molecule has 0 aliphatic carbocycles. The Morgan fingerprint density at radius 2 is 1.00 bits per heavy atom. The van der Waals surface area contributed by atoms with Crippen LogP contribution in [0, 0.1) is 11.8 Å². The molecule has 0 bridgehead atoms. The predicted molar refractivity (Wildman–Crippen MR) is 80.0 cm³/mol. The van der Waals surface area contributed by atoms with Crippen molar-refractivity contribution in [2.24, 2.45) is 0 Å². The summed E-state index contributed by atoms with van der Waals surface area (Å²) in [6.07, 6.45) is 0. The van der Waals surface area contributed by atoms with E-state index in [1.54, 1.807) is 0 Å². The molecular weight excluding hydrogens is 248 g/mol. The molecule has 0 saturated heterocycles. The molecule has 0 unspecified atom stereocenters. The van der Waals surface area contributed by atoms with Crippen LogP contribution >= 0.6 is 0 Å². The molecule has 0 heterocycles. The minimum Gasteiger partial charge on any atom is -0.364 e. The fourth-order valence-corrected chi connectivity index (χ4v) is 1.69. The number of rotatable bonds is 6. The van der Waals surface area contributed by atoms with Crippen LogP contribution in [0.3, 0.4) is 0 Å². The van der Waals surface area contributed by atoms with Crippen molar-refractivity contribution in [2.75, 3.05) is 13.2 Å². The summed E-state index contributed by atoms with van der Waals surface area (Å²) in [4.78, 5) is 0. The van der Waals surface area contributed by atoms with Crippen LogP contribution in [0.2, 0.25) is 0 Å². The topological polar surface area (TPSA) is 18.5 Å². The van der Waals surface area contributed by atoms with Crippen molar-refractivity contribution >= 4 is 0 Å². The second-order valence-electron chi connectivity index (χ2n) is 4.31. The lowest BCUT2D eigenvalue weighted by molar-refractivity contribution is 0.148. The van der Waals surface area contributed by atoms with E-state index in [0.717, 1.165) is 11.1 Å². The zero-order chi connectivity index (χ0) is 13.9. The van der Waals surface area contributed by atoms with E-state index in [-0.39, 0.29) is 0 Å². The van der Waals surface area contributed by atoms with E-state index in [9.17, 15) is 0 Å². The summed E-state index contributed by atoms with van der Waals surface area (Å²) in [6, 6.07) is 20.1. The highest BCUT2D eigenvalue weighted by Crippen LogP contribution is 2.00. The quantitative estimate of drug-likeness (QED) is 0.589. The molecule has 0 saturated carbocycles. The van der Waals surface area contributed by atoms with E-state index in [0.29, 0.717) is 26.4 Å². The summed E-state index contributed by atoms with van der Waals surface area (Å²) in [7, 11) is 0. The molecule has 0 fully saturated rings. The summed E-state index contributed by atoms with van der Waals surface area (Å²) in [5.41, 5.74) is 2.32. The van der Waals surface area contributed by atoms with Crippen molar-refractivity contribution in [1.82, 2.24) is 0 Å². The summed E-state index contributed by atoms with van der Waals surface area (Å²) in [5, 5.41) is 0. The van der Waals surface area contributed by atoms with Crippen molar-refractivity contribution in [3.8, 4) is 11.8 Å². The third kappa shape index (κ3) is 5.71. The molecule has 2 aromatic carbocycles. The minimum atomic E-state index is 0.434. The van der Waals surface area contributed by atoms with Crippen molar-refractivity contribution < 1.29 is 9.47 Å². The van der Waals surface area contributed by atoms with Gasteiger partial charge in [0.15, 0.2) is 0 Å². The first-order chi connectivity index (χ1) is 9.95. The highest BCUT2D eigenvalue weighted by molar-refractivity contribution is 5.14. The van der Waals surface area contributed by atoms with Crippen molar-refractivity contribution in [2.45, 2.75) is 13.2 Å². The van der Waals surface area contributed by atoms with Gasteiger partial charge in [0.05, 0.1) is 13.2 Å². The predicted octanol–water partition coefficient (Wildman–Crippen LogP) is 3.42. The van der Waals surface area contributed by atoms with Crippen LogP contribution in [0.25, 0.3) is 0 Å². The van der Waals surface area contributed by atoms with Crippen LogP contribution < -0.4 is 0 Å². The highest BCUT2D eigenvalue weighted by Gasteiger charge is 1.90. The van der Waals surface area contributed by atoms with E-state index in [4.69, 9.17) is 9.47 Å². The Morgan fingerprint density at radius 1 is 0.600 bits per heavy atom. The van der Waals surface area contributed by atoms with Gasteiger partial charge in [-0.2, -0.15) is 0 Å². The Hall–Kier alpha value is -2.08. The standard InChI is InChI=1S/C18H18O2/c1-3-9-17(10-4-1)15-19-13-7-8-14-20-16-18-11-5-2-6-12-18/h1-6,9-12H,13-16H2. The number of hydrogen-bond acceptors (Lipinski definition) is 2. The van der Waals surface area contributed by atoms with Crippen molar-refractivity contribution in [3.05, 3.63) is 71.8 Å². The molecule has 0 aliphatic heterocycles. The maximum atomic E-state index is 5.46. The minimum absolute atomic E-state index is 0.434. The number of hydrogen-bond donors (Lipinski definition) is 0. The fraction of sp³-hybridized carbons (Fsp3) is 0.222. The van der Waals surface area contributed by atoms with Crippen molar-refractivity contribution in [3.63, 3.8) is 0 Å². The molecule has 102 valence electrons. The molecule has 0 N–H and O–H groups in total. The van der Waals surface area contributed by atoms with Crippen LogP contribution in [-0.2, 0) is 22.7 Å². The Bertz CT molecular complexity index is 488. The van der Waals surface area contributed by atoms with Gasteiger partial charge in [0.25, 0.3) is 0 Å². The lowest BCUT2D eigenvalue weighted by Crippen LogP contribution is -1.95. The lowest BCUT2D eigenvalue weighted by Gasteiger charge is -2.00. The number of benzene rings is 2.